The number of amides is 2. The first kappa shape index (κ1) is 22.0. The molecule has 0 N–H and O–H groups in total. The molecule has 1 aromatic carbocycles. The Balaban J connectivity index is 1.33. The number of methoxy groups -OCH3 is 1. The maximum Gasteiger partial charge on any atom is 0.253 e. The number of nitrogens with zero attached hydrogens (tertiary/aromatic N) is 3. The van der Waals surface area contributed by atoms with Crippen LogP contribution in [0.3, 0.4) is 0 Å². The molecule has 7 nitrogen and oxygen atoms in total. The highest BCUT2D eigenvalue weighted by Gasteiger charge is 2.43. The fourth-order valence-corrected chi connectivity index (χ4v) is 5.16. The molecule has 3 aliphatic rings. The topological polar surface area (TPSA) is 62.3 Å². The maximum absolute atomic E-state index is 14.0. The van der Waals surface area contributed by atoms with Gasteiger partial charge in [-0.25, -0.2) is 4.39 Å². The van der Waals surface area contributed by atoms with Crippen LogP contribution >= 0.6 is 0 Å². The molecule has 0 aliphatic carbocycles. The summed E-state index contributed by atoms with van der Waals surface area (Å²) in [5, 5.41) is 0. The highest BCUT2D eigenvalue weighted by atomic mass is 19.1. The van der Waals surface area contributed by atoms with Gasteiger partial charge >= 0.3 is 0 Å². The van der Waals surface area contributed by atoms with Crippen LogP contribution in [0.2, 0.25) is 0 Å². The van der Waals surface area contributed by atoms with E-state index in [4.69, 9.17) is 9.47 Å². The van der Waals surface area contributed by atoms with Gasteiger partial charge < -0.3 is 19.3 Å². The first-order valence-corrected chi connectivity index (χ1v) is 11.2. The van der Waals surface area contributed by atoms with Gasteiger partial charge in [-0.05, 0) is 43.9 Å². The lowest BCUT2D eigenvalue weighted by molar-refractivity contribution is -0.139. The number of piperidine rings is 1. The second-order valence-electron chi connectivity index (χ2n) is 8.86. The second kappa shape index (κ2) is 9.12. The Hall–Kier alpha value is -2.19. The van der Waals surface area contributed by atoms with E-state index < -0.39 is 5.82 Å². The minimum Gasteiger partial charge on any atom is -0.494 e. The minimum absolute atomic E-state index is 0.139. The predicted molar refractivity (Wildman–Crippen MR) is 114 cm³/mol. The number of piperazine rings is 1. The first-order chi connectivity index (χ1) is 14.9. The number of benzene rings is 1. The molecule has 1 aromatic rings. The zero-order chi connectivity index (χ0) is 22.0. The fraction of sp³-hybridized carbons (Fsp3) is 0.652. The third kappa shape index (κ3) is 4.70. The molecule has 4 rings (SSSR count). The van der Waals surface area contributed by atoms with E-state index in [0.29, 0.717) is 24.7 Å². The molecule has 0 unspecified atom stereocenters. The molecule has 1 spiro atoms. The molecule has 8 heteroatoms. The van der Waals surface area contributed by atoms with Crippen molar-refractivity contribution >= 4 is 11.8 Å². The molecule has 0 bridgehead atoms. The van der Waals surface area contributed by atoms with Crippen LogP contribution in [0.15, 0.2) is 18.2 Å². The Morgan fingerprint density at radius 3 is 2.42 bits per heavy atom. The van der Waals surface area contributed by atoms with E-state index in [2.05, 4.69) is 4.90 Å². The molecule has 3 aliphatic heterocycles. The summed E-state index contributed by atoms with van der Waals surface area (Å²) < 4.78 is 25.2. The average Bonchev–Trinajstić information content (AvgIpc) is 2.79. The van der Waals surface area contributed by atoms with E-state index in [1.807, 2.05) is 4.90 Å². The Kier molecular flexibility index (Phi) is 6.48. The van der Waals surface area contributed by atoms with Gasteiger partial charge in [0.1, 0.15) is 0 Å². The van der Waals surface area contributed by atoms with Gasteiger partial charge in [-0.1, -0.05) is 0 Å². The highest BCUT2D eigenvalue weighted by Crippen LogP contribution is 2.37. The summed E-state index contributed by atoms with van der Waals surface area (Å²) in [5.41, 5.74) is 0.155. The number of hydrogen-bond acceptors (Lipinski definition) is 5. The lowest BCUT2D eigenvalue weighted by atomic mass is 9.81. The third-order valence-corrected chi connectivity index (χ3v) is 7.10. The van der Waals surface area contributed by atoms with Crippen molar-refractivity contribution in [1.29, 1.82) is 0 Å². The largest absolute Gasteiger partial charge is 0.494 e. The summed E-state index contributed by atoms with van der Waals surface area (Å²) >= 11 is 0. The van der Waals surface area contributed by atoms with Crippen molar-refractivity contribution in [3.8, 4) is 5.75 Å². The molecule has 2 amide bonds. The zero-order valence-electron chi connectivity index (χ0n) is 18.4. The third-order valence-electron chi connectivity index (χ3n) is 7.10. The molecule has 1 atom stereocenters. The van der Waals surface area contributed by atoms with E-state index in [-0.39, 0.29) is 23.2 Å². The Morgan fingerprint density at radius 1 is 1.10 bits per heavy atom. The monoisotopic (exact) mass is 433 g/mol. The molecule has 3 fully saturated rings. The SMILES string of the molecule is COc1ccc(C(=O)N2CCC3(CC2)C[C@@H](N2CCN(C(C)=O)CC2)CCO3)cc1F. The molecule has 3 saturated heterocycles. The van der Waals surface area contributed by atoms with Crippen molar-refractivity contribution in [2.45, 2.75) is 44.2 Å². The van der Waals surface area contributed by atoms with Crippen LogP contribution in [0.4, 0.5) is 4.39 Å². The number of rotatable bonds is 3. The molecule has 0 saturated carbocycles. The van der Waals surface area contributed by atoms with Crippen LogP contribution in [0.1, 0.15) is 43.0 Å². The smallest absolute Gasteiger partial charge is 0.253 e. The van der Waals surface area contributed by atoms with E-state index in [1.165, 1.54) is 19.2 Å². The van der Waals surface area contributed by atoms with Crippen molar-refractivity contribution in [3.63, 3.8) is 0 Å². The van der Waals surface area contributed by atoms with Crippen LogP contribution in [-0.4, -0.2) is 91.1 Å². The molecular formula is C23H32FN3O4. The summed E-state index contributed by atoms with van der Waals surface area (Å²) in [5.74, 6) is -0.383. The van der Waals surface area contributed by atoms with Crippen LogP contribution < -0.4 is 4.74 Å². The normalized spacial score (nSPS) is 24.3. The number of ether oxygens (including phenoxy) is 2. The Labute approximate surface area is 183 Å². The maximum atomic E-state index is 14.0. The van der Waals surface area contributed by atoms with Crippen LogP contribution in [-0.2, 0) is 9.53 Å². The summed E-state index contributed by atoms with van der Waals surface area (Å²) in [4.78, 5) is 30.7. The van der Waals surface area contributed by atoms with Gasteiger partial charge in [0.15, 0.2) is 11.6 Å². The fourth-order valence-electron chi connectivity index (χ4n) is 5.16. The summed E-state index contributed by atoms with van der Waals surface area (Å²) in [7, 11) is 1.41. The van der Waals surface area contributed by atoms with E-state index in [1.54, 1.807) is 17.9 Å². The van der Waals surface area contributed by atoms with Gasteiger partial charge in [0.05, 0.1) is 12.7 Å². The number of likely N-dealkylation sites (tertiary alicyclic amines) is 1. The van der Waals surface area contributed by atoms with Gasteiger partial charge in [0, 0.05) is 64.4 Å². The lowest BCUT2D eigenvalue weighted by Gasteiger charge is -2.49. The van der Waals surface area contributed by atoms with Crippen molar-refractivity contribution in [1.82, 2.24) is 14.7 Å². The van der Waals surface area contributed by atoms with Crippen LogP contribution in [0, 0.1) is 5.82 Å². The first-order valence-electron chi connectivity index (χ1n) is 11.2. The minimum atomic E-state index is -0.523. The Morgan fingerprint density at radius 2 is 1.81 bits per heavy atom. The van der Waals surface area contributed by atoms with Gasteiger partial charge in [0.25, 0.3) is 5.91 Å². The quantitative estimate of drug-likeness (QED) is 0.731. The van der Waals surface area contributed by atoms with Crippen molar-refractivity contribution in [3.05, 3.63) is 29.6 Å². The molecule has 0 aromatic heterocycles. The molecule has 3 heterocycles. The summed E-state index contributed by atoms with van der Waals surface area (Å²) in [6.07, 6.45) is 3.56. The van der Waals surface area contributed by atoms with Gasteiger partial charge in [-0.3, -0.25) is 14.5 Å². The highest BCUT2D eigenvalue weighted by molar-refractivity contribution is 5.94. The second-order valence-corrected chi connectivity index (χ2v) is 8.86. The molecular weight excluding hydrogens is 401 g/mol. The number of carbonyl (C=O) groups excluding carboxylic acids is 2. The van der Waals surface area contributed by atoms with E-state index in [9.17, 15) is 14.0 Å². The van der Waals surface area contributed by atoms with Crippen molar-refractivity contribution < 1.29 is 23.5 Å². The van der Waals surface area contributed by atoms with Gasteiger partial charge in [-0.15, -0.1) is 0 Å². The molecule has 170 valence electrons. The number of hydrogen-bond donors (Lipinski definition) is 0. The van der Waals surface area contributed by atoms with Crippen LogP contribution in [0.5, 0.6) is 5.75 Å². The summed E-state index contributed by atoms with van der Waals surface area (Å²) in [6.45, 7) is 6.99. The Bertz CT molecular complexity index is 817. The van der Waals surface area contributed by atoms with Crippen LogP contribution in [0.25, 0.3) is 0 Å². The standard InChI is InChI=1S/C23H32FN3O4/c1-17(28)25-10-12-26(13-11-25)19-5-14-31-23(16-19)6-8-27(9-7-23)22(29)18-3-4-21(30-2)20(24)15-18/h3-4,15,19H,5-14,16H2,1-2H3/t19-/m0/s1. The van der Waals surface area contributed by atoms with Crippen molar-refractivity contribution in [2.24, 2.45) is 0 Å². The van der Waals surface area contributed by atoms with E-state index >= 15 is 0 Å². The predicted octanol–water partition coefficient (Wildman–Crippen LogP) is 2.15. The van der Waals surface area contributed by atoms with Gasteiger partial charge in [-0.2, -0.15) is 0 Å². The number of carbonyl (C=O) groups is 2. The number of halogens is 1. The molecule has 0 radical (unpaired) electrons. The average molecular weight is 434 g/mol. The van der Waals surface area contributed by atoms with Crippen molar-refractivity contribution in [2.75, 3.05) is 53.0 Å². The van der Waals surface area contributed by atoms with E-state index in [0.717, 1.165) is 58.5 Å². The molecule has 31 heavy (non-hydrogen) atoms. The lowest BCUT2D eigenvalue weighted by Crippen LogP contribution is -2.57. The zero-order valence-corrected chi connectivity index (χ0v) is 18.4. The van der Waals surface area contributed by atoms with Gasteiger partial charge in [0.2, 0.25) is 5.91 Å². The summed E-state index contributed by atoms with van der Waals surface area (Å²) in [6, 6.07) is 4.82.